The summed E-state index contributed by atoms with van der Waals surface area (Å²) in [6, 6.07) is 12.1. The van der Waals surface area contributed by atoms with Crippen molar-refractivity contribution in [2.75, 3.05) is 17.7 Å². The van der Waals surface area contributed by atoms with Crippen LogP contribution in [0.5, 0.6) is 0 Å². The summed E-state index contributed by atoms with van der Waals surface area (Å²) in [5.41, 5.74) is 7.42. The minimum Gasteiger partial charge on any atom is -0.384 e. The summed E-state index contributed by atoms with van der Waals surface area (Å²) in [6.45, 7) is 0. The first kappa shape index (κ1) is 24.5. The molecule has 2 aliphatic carbocycles. The number of para-hydroxylation sites is 1. The predicted molar refractivity (Wildman–Crippen MR) is 139 cm³/mol. The second kappa shape index (κ2) is 10.4. The first-order valence-electron chi connectivity index (χ1n) is 13.3. The van der Waals surface area contributed by atoms with E-state index in [4.69, 9.17) is 5.73 Å². The molecule has 0 spiro atoms. The molecule has 0 unspecified atom stereocenters. The van der Waals surface area contributed by atoms with E-state index in [0.717, 1.165) is 11.3 Å². The van der Waals surface area contributed by atoms with Gasteiger partial charge in [0.1, 0.15) is 11.9 Å². The second-order valence-electron chi connectivity index (χ2n) is 10.8. The Morgan fingerprint density at radius 1 is 1.06 bits per heavy atom. The van der Waals surface area contributed by atoms with E-state index in [0.29, 0.717) is 36.4 Å². The van der Waals surface area contributed by atoms with Gasteiger partial charge < -0.3 is 10.6 Å². The molecule has 1 saturated heterocycles. The Morgan fingerprint density at radius 3 is 2.42 bits per heavy atom. The van der Waals surface area contributed by atoms with Crippen LogP contribution in [0.25, 0.3) is 0 Å². The summed E-state index contributed by atoms with van der Waals surface area (Å²) in [5, 5.41) is 0. The number of β-lactam (4-membered cyclic amide) rings is 1. The number of amides is 3. The lowest BCUT2D eigenvalue weighted by molar-refractivity contribution is -0.171. The van der Waals surface area contributed by atoms with Crippen LogP contribution in [0.1, 0.15) is 56.9 Å². The molecule has 7 nitrogen and oxygen atoms in total. The van der Waals surface area contributed by atoms with Crippen LogP contribution in [0.15, 0.2) is 48.7 Å². The number of rotatable bonds is 8. The number of nitrogens with two attached hydrogens (primary N) is 1. The van der Waals surface area contributed by atoms with Gasteiger partial charge in [0, 0.05) is 25.4 Å². The number of likely N-dealkylation sites (N-methyl/N-ethyl adjacent to an activating group) is 1. The van der Waals surface area contributed by atoms with Gasteiger partial charge >= 0.3 is 0 Å². The number of hydrogen-bond donors (Lipinski definition) is 1. The van der Waals surface area contributed by atoms with Crippen molar-refractivity contribution >= 4 is 29.2 Å². The van der Waals surface area contributed by atoms with Crippen molar-refractivity contribution < 1.29 is 14.4 Å². The summed E-state index contributed by atoms with van der Waals surface area (Å²) >= 11 is 0. The van der Waals surface area contributed by atoms with Crippen molar-refractivity contribution in [2.45, 2.75) is 63.8 Å². The number of hydrogen-bond acceptors (Lipinski definition) is 5. The maximum atomic E-state index is 13.7. The number of carbonyl (C=O) groups is 3. The molecule has 190 valence electrons. The largest absolute Gasteiger partial charge is 0.384 e. The van der Waals surface area contributed by atoms with Gasteiger partial charge in [0.05, 0.1) is 5.92 Å². The van der Waals surface area contributed by atoms with Gasteiger partial charge in [-0.15, -0.1) is 0 Å². The topological polar surface area (TPSA) is 96.6 Å². The highest BCUT2D eigenvalue weighted by atomic mass is 16.2. The first-order chi connectivity index (χ1) is 17.4. The number of aromatic nitrogens is 1. The van der Waals surface area contributed by atoms with E-state index in [9.17, 15) is 14.4 Å². The number of carbonyl (C=O) groups excluding carboxylic acids is 3. The molecule has 2 N–H and O–H groups in total. The molecule has 1 aliphatic heterocycles. The Bertz CT molecular complexity index is 1110. The molecule has 2 heterocycles. The van der Waals surface area contributed by atoms with Crippen LogP contribution < -0.4 is 10.6 Å². The molecule has 3 fully saturated rings. The maximum Gasteiger partial charge on any atom is 0.250 e. The summed E-state index contributed by atoms with van der Waals surface area (Å²) in [6.07, 6.45) is 10.8. The fourth-order valence-corrected chi connectivity index (χ4v) is 6.27. The van der Waals surface area contributed by atoms with Gasteiger partial charge in [-0.3, -0.25) is 19.3 Å². The second-order valence-corrected chi connectivity index (χ2v) is 10.8. The zero-order valence-electron chi connectivity index (χ0n) is 21.0. The fourth-order valence-electron chi connectivity index (χ4n) is 6.27. The molecular weight excluding hydrogens is 452 g/mol. The standard InChI is InChI=1S/C29H36N4O3/c1-32(22-10-6-3-7-11-22)29(36)27-24(16-19-14-15-31-25(30)17-19)28(35)33(27)26(34)18-23(21-12-13-21)20-8-4-2-5-9-20/h3,6-7,10-11,14-15,17,20-21,23-24,27H,2,4-5,8-9,12-13,16,18H2,1H3,(H2,30,31)/t23-,24-,27+/m1/s1. The monoisotopic (exact) mass is 488 g/mol. The smallest absolute Gasteiger partial charge is 0.250 e. The molecular formula is C29H36N4O3. The summed E-state index contributed by atoms with van der Waals surface area (Å²) in [7, 11) is 1.71. The number of likely N-dealkylation sites (tertiary alicyclic amines) is 1. The number of imide groups is 1. The predicted octanol–water partition coefficient (Wildman–Crippen LogP) is 4.22. The van der Waals surface area contributed by atoms with Gasteiger partial charge in [-0.05, 0) is 66.8 Å². The molecule has 1 aromatic heterocycles. The first-order valence-corrected chi connectivity index (χ1v) is 13.3. The van der Waals surface area contributed by atoms with Crippen molar-refractivity contribution in [2.24, 2.45) is 23.7 Å². The minimum atomic E-state index is -0.809. The van der Waals surface area contributed by atoms with Gasteiger partial charge in [-0.25, -0.2) is 4.98 Å². The van der Waals surface area contributed by atoms with E-state index in [-0.39, 0.29) is 17.7 Å². The van der Waals surface area contributed by atoms with E-state index in [1.165, 1.54) is 49.8 Å². The average Bonchev–Trinajstić information content (AvgIpc) is 3.74. The number of benzene rings is 1. The van der Waals surface area contributed by atoms with Gasteiger partial charge in [-0.2, -0.15) is 0 Å². The molecule has 7 heteroatoms. The Balaban J connectivity index is 1.37. The molecule has 3 atom stereocenters. The van der Waals surface area contributed by atoms with E-state index >= 15 is 0 Å². The maximum absolute atomic E-state index is 13.7. The third-order valence-corrected chi connectivity index (χ3v) is 8.40. The van der Waals surface area contributed by atoms with Crippen molar-refractivity contribution in [3.8, 4) is 0 Å². The lowest BCUT2D eigenvalue weighted by Gasteiger charge is -2.46. The molecule has 2 saturated carbocycles. The average molecular weight is 489 g/mol. The van der Waals surface area contributed by atoms with E-state index in [1.54, 1.807) is 24.2 Å². The normalized spacial score (nSPS) is 23.1. The Morgan fingerprint density at radius 2 is 1.75 bits per heavy atom. The van der Waals surface area contributed by atoms with Crippen LogP contribution in [0.2, 0.25) is 0 Å². The van der Waals surface area contributed by atoms with Crippen molar-refractivity contribution in [1.29, 1.82) is 0 Å². The third kappa shape index (κ3) is 5.01. The van der Waals surface area contributed by atoms with Crippen molar-refractivity contribution in [1.82, 2.24) is 9.88 Å². The molecule has 36 heavy (non-hydrogen) atoms. The highest BCUT2D eigenvalue weighted by Gasteiger charge is 2.55. The van der Waals surface area contributed by atoms with Crippen LogP contribution in [-0.4, -0.2) is 40.7 Å². The third-order valence-electron chi connectivity index (χ3n) is 8.40. The molecule has 5 rings (SSSR count). The highest BCUT2D eigenvalue weighted by molar-refractivity contribution is 6.12. The molecule has 3 amide bonds. The van der Waals surface area contributed by atoms with Crippen LogP contribution in [0.4, 0.5) is 11.5 Å². The molecule has 0 radical (unpaired) electrons. The SMILES string of the molecule is CN(C(=O)[C@@H]1[C@@H](Cc2ccnc(N)c2)C(=O)N1C(=O)C[C@H](C1CCCCC1)C1CC1)c1ccccc1. The zero-order valence-corrected chi connectivity index (χ0v) is 21.0. The Kier molecular flexibility index (Phi) is 7.08. The van der Waals surface area contributed by atoms with Gasteiger partial charge in [0.15, 0.2) is 0 Å². The highest BCUT2D eigenvalue weighted by Crippen LogP contribution is 2.47. The number of nitrogens with zero attached hydrogens (tertiary/aromatic N) is 3. The number of anilines is 2. The van der Waals surface area contributed by atoms with Crippen molar-refractivity contribution in [3.05, 3.63) is 54.2 Å². The number of nitrogen functional groups attached to an aromatic ring is 1. The summed E-state index contributed by atoms with van der Waals surface area (Å²) < 4.78 is 0. The molecule has 3 aliphatic rings. The quantitative estimate of drug-likeness (QED) is 0.561. The molecule has 0 bridgehead atoms. The van der Waals surface area contributed by atoms with Crippen molar-refractivity contribution in [3.63, 3.8) is 0 Å². The lowest BCUT2D eigenvalue weighted by Crippen LogP contribution is -2.69. The van der Waals surface area contributed by atoms with E-state index in [1.807, 2.05) is 36.4 Å². The lowest BCUT2D eigenvalue weighted by atomic mass is 9.75. The minimum absolute atomic E-state index is 0.187. The Hall–Kier alpha value is -3.22. The molecule has 1 aromatic carbocycles. The summed E-state index contributed by atoms with van der Waals surface area (Å²) in [5.74, 6) is 0.573. The summed E-state index contributed by atoms with van der Waals surface area (Å²) in [4.78, 5) is 47.6. The van der Waals surface area contributed by atoms with Crippen LogP contribution >= 0.6 is 0 Å². The van der Waals surface area contributed by atoms with Crippen LogP contribution in [-0.2, 0) is 20.8 Å². The number of pyridine rings is 1. The van der Waals surface area contributed by atoms with Crippen LogP contribution in [0.3, 0.4) is 0 Å². The Labute approximate surface area is 213 Å². The fraction of sp³-hybridized carbons (Fsp3) is 0.517. The molecule has 2 aromatic rings. The van der Waals surface area contributed by atoms with Gasteiger partial charge in [0.2, 0.25) is 11.8 Å². The van der Waals surface area contributed by atoms with Gasteiger partial charge in [0.25, 0.3) is 5.91 Å². The van der Waals surface area contributed by atoms with Crippen LogP contribution in [0, 0.1) is 23.7 Å². The zero-order chi connectivity index (χ0) is 25.2. The van der Waals surface area contributed by atoms with E-state index < -0.39 is 12.0 Å². The van der Waals surface area contributed by atoms with E-state index in [2.05, 4.69) is 4.98 Å². The van der Waals surface area contributed by atoms with Gasteiger partial charge in [-0.1, -0.05) is 50.3 Å².